The zero-order valence-electron chi connectivity index (χ0n) is 8.11. The van der Waals surface area contributed by atoms with Crippen LogP contribution < -0.4 is 0 Å². The van der Waals surface area contributed by atoms with Gasteiger partial charge in [-0.1, -0.05) is 0 Å². The van der Waals surface area contributed by atoms with Crippen LogP contribution in [0.5, 0.6) is 0 Å². The van der Waals surface area contributed by atoms with Crippen molar-refractivity contribution in [1.82, 2.24) is 4.90 Å². The van der Waals surface area contributed by atoms with Gasteiger partial charge in [0, 0.05) is 20.5 Å². The van der Waals surface area contributed by atoms with E-state index in [2.05, 4.69) is 0 Å². The molecule has 0 atom stereocenters. The molecule has 13 heavy (non-hydrogen) atoms. The van der Waals surface area contributed by atoms with E-state index in [4.69, 9.17) is 5.11 Å². The lowest BCUT2D eigenvalue weighted by molar-refractivity contribution is -0.138. The molecule has 0 aliphatic carbocycles. The molecule has 0 fully saturated rings. The molecule has 0 aromatic rings. The maximum Gasteiger partial charge on any atom is 0.303 e. The first kappa shape index (κ1) is 14.2. The van der Waals surface area contributed by atoms with Gasteiger partial charge in [-0.05, 0) is 6.92 Å². The molecule has 0 radical (unpaired) electrons. The summed E-state index contributed by atoms with van der Waals surface area (Å²) in [5, 5.41) is 8.01. The fraction of sp³-hybridized carbons (Fsp3) is 0.625. The predicted molar refractivity (Wildman–Crippen MR) is 47.3 cm³/mol. The molecule has 0 heterocycles. The average Bonchev–Trinajstić information content (AvgIpc) is 2.02. The first-order chi connectivity index (χ1) is 5.90. The maximum atomic E-state index is 10.1. The van der Waals surface area contributed by atoms with Crippen LogP contribution in [0.1, 0.15) is 19.8 Å². The topological polar surface area (TPSA) is 74.7 Å². The number of hydrogen-bond acceptors (Lipinski definition) is 3. The van der Waals surface area contributed by atoms with Crippen molar-refractivity contribution < 1.29 is 19.5 Å². The van der Waals surface area contributed by atoms with Crippen molar-refractivity contribution in [2.75, 3.05) is 14.1 Å². The number of aliphatic carboxylic acids is 1. The van der Waals surface area contributed by atoms with Crippen LogP contribution in [0.4, 0.5) is 0 Å². The van der Waals surface area contributed by atoms with Crippen LogP contribution in [0.3, 0.4) is 0 Å². The fourth-order valence-electron chi connectivity index (χ4n) is 0.283. The Morgan fingerprint density at radius 2 is 1.69 bits per heavy atom. The number of carboxylic acids is 1. The summed E-state index contributed by atoms with van der Waals surface area (Å²) in [6.45, 7) is 1.38. The minimum atomic E-state index is -0.916. The molecule has 0 unspecified atom stereocenters. The average molecular weight is 189 g/mol. The zero-order valence-corrected chi connectivity index (χ0v) is 8.11. The standard InChI is InChI=1S/C5H8O3.C3H7NO/c1-4(6)2-3-5(7)8;1-4(2)3-5/h2-3H2,1H3,(H,7,8);3H,1-2H3. The van der Waals surface area contributed by atoms with E-state index in [0.29, 0.717) is 0 Å². The highest BCUT2D eigenvalue weighted by Crippen LogP contribution is 1.87. The smallest absolute Gasteiger partial charge is 0.303 e. The number of carbonyl (C=O) groups excluding carboxylic acids is 2. The highest BCUT2D eigenvalue weighted by molar-refractivity contribution is 5.80. The van der Waals surface area contributed by atoms with Gasteiger partial charge in [0.25, 0.3) is 0 Å². The predicted octanol–water partition coefficient (Wildman–Crippen LogP) is 0.145. The van der Waals surface area contributed by atoms with Gasteiger partial charge in [0.2, 0.25) is 6.41 Å². The van der Waals surface area contributed by atoms with Crippen LogP contribution in [-0.2, 0) is 14.4 Å². The Hall–Kier alpha value is -1.39. The molecule has 76 valence electrons. The largest absolute Gasteiger partial charge is 0.481 e. The van der Waals surface area contributed by atoms with Crippen LogP contribution in [0.2, 0.25) is 0 Å². The Bertz CT molecular complexity index is 163. The number of ketones is 1. The Kier molecular flexibility index (Phi) is 9.48. The third-order valence-electron chi connectivity index (χ3n) is 0.902. The first-order valence-corrected chi connectivity index (χ1v) is 3.73. The third kappa shape index (κ3) is 25.0. The Balaban J connectivity index is 0. The lowest BCUT2D eigenvalue weighted by atomic mass is 10.2. The number of nitrogens with zero attached hydrogens (tertiary/aromatic N) is 1. The highest BCUT2D eigenvalue weighted by atomic mass is 16.4. The number of rotatable bonds is 4. The van der Waals surface area contributed by atoms with E-state index in [0.717, 1.165) is 6.41 Å². The van der Waals surface area contributed by atoms with Crippen LogP contribution in [0.15, 0.2) is 0 Å². The monoisotopic (exact) mass is 189 g/mol. The van der Waals surface area contributed by atoms with Crippen molar-refractivity contribution in [3.8, 4) is 0 Å². The Morgan fingerprint density at radius 1 is 1.31 bits per heavy atom. The van der Waals surface area contributed by atoms with Crippen LogP contribution in [-0.4, -0.2) is 42.3 Å². The SMILES string of the molecule is CC(=O)CCC(=O)O.CN(C)C=O. The first-order valence-electron chi connectivity index (χ1n) is 3.73. The zero-order chi connectivity index (χ0) is 10.9. The van der Waals surface area contributed by atoms with Gasteiger partial charge >= 0.3 is 5.97 Å². The van der Waals surface area contributed by atoms with Crippen LogP contribution in [0, 0.1) is 0 Å². The molecule has 0 aliphatic heterocycles. The molecule has 0 rings (SSSR count). The van der Waals surface area contributed by atoms with E-state index in [1.807, 2.05) is 0 Å². The summed E-state index contributed by atoms with van der Waals surface area (Å²) in [6.07, 6.45) is 0.852. The second kappa shape index (κ2) is 8.70. The molecule has 0 aromatic carbocycles. The van der Waals surface area contributed by atoms with Gasteiger partial charge < -0.3 is 14.8 Å². The summed E-state index contributed by atoms with van der Waals surface area (Å²) in [7, 11) is 3.38. The molecule has 0 aliphatic rings. The third-order valence-corrected chi connectivity index (χ3v) is 0.902. The molecule has 0 bridgehead atoms. The highest BCUT2D eigenvalue weighted by Gasteiger charge is 1.97. The molecule has 0 saturated heterocycles. The summed E-state index contributed by atoms with van der Waals surface area (Å²) in [6, 6.07) is 0. The van der Waals surface area contributed by atoms with Gasteiger partial charge in [-0.25, -0.2) is 0 Å². The van der Waals surface area contributed by atoms with Crippen molar-refractivity contribution >= 4 is 18.2 Å². The molecule has 1 N–H and O–H groups in total. The Labute approximate surface area is 77.3 Å². The second-order valence-electron chi connectivity index (χ2n) is 2.66. The summed E-state index contributed by atoms with van der Waals surface area (Å²) in [4.78, 5) is 30.7. The minimum Gasteiger partial charge on any atom is -0.481 e. The van der Waals surface area contributed by atoms with E-state index in [1.165, 1.54) is 11.8 Å². The van der Waals surface area contributed by atoms with Gasteiger partial charge in [-0.2, -0.15) is 0 Å². The summed E-state index contributed by atoms with van der Waals surface area (Å²) >= 11 is 0. The van der Waals surface area contributed by atoms with E-state index in [9.17, 15) is 14.4 Å². The molecular weight excluding hydrogens is 174 g/mol. The van der Waals surface area contributed by atoms with E-state index in [-0.39, 0.29) is 18.6 Å². The van der Waals surface area contributed by atoms with Gasteiger partial charge in [-0.3, -0.25) is 9.59 Å². The number of Topliss-reactive ketones (excluding diaryl/α,β-unsaturated/α-hetero) is 1. The van der Waals surface area contributed by atoms with E-state index >= 15 is 0 Å². The lowest BCUT2D eigenvalue weighted by Gasteiger charge is -1.93. The molecule has 5 heteroatoms. The van der Waals surface area contributed by atoms with Gasteiger partial charge in [0.1, 0.15) is 5.78 Å². The summed E-state index contributed by atoms with van der Waals surface area (Å²) in [5.74, 6) is -0.993. The van der Waals surface area contributed by atoms with Gasteiger partial charge in [0.05, 0.1) is 6.42 Å². The minimum absolute atomic E-state index is 0.0463. The molecule has 1 amide bonds. The van der Waals surface area contributed by atoms with Gasteiger partial charge in [-0.15, -0.1) is 0 Å². The number of hydrogen-bond donors (Lipinski definition) is 1. The second-order valence-corrected chi connectivity index (χ2v) is 2.66. The summed E-state index contributed by atoms with van der Waals surface area (Å²) in [5.41, 5.74) is 0. The molecule has 0 saturated carbocycles. The quantitative estimate of drug-likeness (QED) is 0.638. The molecule has 0 aromatic heterocycles. The van der Waals surface area contributed by atoms with Crippen LogP contribution >= 0.6 is 0 Å². The molecule has 5 nitrogen and oxygen atoms in total. The molecule has 0 spiro atoms. The summed E-state index contributed by atoms with van der Waals surface area (Å²) < 4.78 is 0. The maximum absolute atomic E-state index is 10.1. The van der Waals surface area contributed by atoms with Crippen molar-refractivity contribution in [1.29, 1.82) is 0 Å². The number of carboxylic acid groups (broad SMARTS) is 1. The van der Waals surface area contributed by atoms with E-state index in [1.54, 1.807) is 14.1 Å². The van der Waals surface area contributed by atoms with Crippen molar-refractivity contribution in [3.05, 3.63) is 0 Å². The van der Waals surface area contributed by atoms with E-state index < -0.39 is 5.97 Å². The molecular formula is C8H15NO4. The lowest BCUT2D eigenvalue weighted by Crippen LogP contribution is -2.06. The van der Waals surface area contributed by atoms with Gasteiger partial charge in [0.15, 0.2) is 0 Å². The van der Waals surface area contributed by atoms with Crippen LogP contribution in [0.25, 0.3) is 0 Å². The number of amides is 1. The Morgan fingerprint density at radius 3 is 1.77 bits per heavy atom. The fourth-order valence-corrected chi connectivity index (χ4v) is 0.283. The normalized spacial score (nSPS) is 7.92. The number of carbonyl (C=O) groups is 3. The van der Waals surface area contributed by atoms with Crippen molar-refractivity contribution in [3.63, 3.8) is 0 Å². The van der Waals surface area contributed by atoms with Crippen molar-refractivity contribution in [2.24, 2.45) is 0 Å². The van der Waals surface area contributed by atoms with Crippen molar-refractivity contribution in [2.45, 2.75) is 19.8 Å².